The quantitative estimate of drug-likeness (QED) is 0.876. The van der Waals surface area contributed by atoms with E-state index in [1.807, 2.05) is 0 Å². The maximum atomic E-state index is 11.7. The summed E-state index contributed by atoms with van der Waals surface area (Å²) in [6.45, 7) is 0.529. The summed E-state index contributed by atoms with van der Waals surface area (Å²) in [6.07, 6.45) is 3.98. The lowest BCUT2D eigenvalue weighted by atomic mass is 10.2. The summed E-state index contributed by atoms with van der Waals surface area (Å²) >= 11 is 3.27. The van der Waals surface area contributed by atoms with Crippen LogP contribution in [0, 0.1) is 5.92 Å². The van der Waals surface area contributed by atoms with Gasteiger partial charge in [0, 0.05) is 23.3 Å². The number of rotatable bonds is 4. The van der Waals surface area contributed by atoms with Crippen molar-refractivity contribution in [1.82, 2.24) is 10.3 Å². The summed E-state index contributed by atoms with van der Waals surface area (Å²) in [6, 6.07) is 3.56. The number of nitrogens with one attached hydrogen (secondary N) is 1. The van der Waals surface area contributed by atoms with Crippen LogP contribution in [-0.4, -0.2) is 23.5 Å². The number of pyridine rings is 1. The van der Waals surface area contributed by atoms with Crippen molar-refractivity contribution in [3.63, 3.8) is 0 Å². The average Bonchev–Trinajstić information content (AvgIpc) is 3.10. The van der Waals surface area contributed by atoms with Crippen LogP contribution in [0.5, 0.6) is 0 Å². The summed E-state index contributed by atoms with van der Waals surface area (Å²) in [5.41, 5.74) is 6.31. The van der Waals surface area contributed by atoms with E-state index in [4.69, 9.17) is 5.73 Å². The second kappa shape index (κ2) is 4.93. The van der Waals surface area contributed by atoms with Gasteiger partial charge in [-0.05, 0) is 46.8 Å². The van der Waals surface area contributed by atoms with Crippen LogP contribution in [0.25, 0.3) is 0 Å². The molecule has 1 unspecified atom stereocenters. The Bertz CT molecular complexity index is 375. The molecule has 1 fully saturated rings. The standard InChI is InChI=1S/C11H14BrN3O/c12-8-3-4-10(14-5-8)11(16)15-6-9(13)7-1-2-7/h3-5,7,9H,1-2,6,13H2,(H,15,16). The van der Waals surface area contributed by atoms with Crippen molar-refractivity contribution >= 4 is 21.8 Å². The van der Waals surface area contributed by atoms with Gasteiger partial charge in [-0.15, -0.1) is 0 Å². The summed E-state index contributed by atoms with van der Waals surface area (Å²) in [5.74, 6) is 0.432. The van der Waals surface area contributed by atoms with Gasteiger partial charge in [0.2, 0.25) is 0 Å². The maximum Gasteiger partial charge on any atom is 0.269 e. The lowest BCUT2D eigenvalue weighted by Gasteiger charge is -2.11. The van der Waals surface area contributed by atoms with Crippen molar-refractivity contribution in [2.75, 3.05) is 6.54 Å². The van der Waals surface area contributed by atoms with E-state index in [-0.39, 0.29) is 11.9 Å². The smallest absolute Gasteiger partial charge is 0.269 e. The molecule has 0 radical (unpaired) electrons. The van der Waals surface area contributed by atoms with E-state index in [0.717, 1.165) is 4.47 Å². The molecule has 1 aromatic heterocycles. The van der Waals surface area contributed by atoms with Crippen LogP contribution in [0.3, 0.4) is 0 Å². The summed E-state index contributed by atoms with van der Waals surface area (Å²) < 4.78 is 0.860. The highest BCUT2D eigenvalue weighted by Crippen LogP contribution is 2.31. The third kappa shape index (κ3) is 3.02. The Hall–Kier alpha value is -0.940. The number of nitrogens with two attached hydrogens (primary N) is 1. The van der Waals surface area contributed by atoms with Crippen LogP contribution in [0.2, 0.25) is 0 Å². The highest BCUT2D eigenvalue weighted by molar-refractivity contribution is 9.10. The van der Waals surface area contributed by atoms with Crippen molar-refractivity contribution in [2.24, 2.45) is 11.7 Å². The molecule has 1 aliphatic rings. The molecule has 1 aliphatic carbocycles. The summed E-state index contributed by atoms with van der Waals surface area (Å²) in [5, 5.41) is 2.80. The van der Waals surface area contributed by atoms with Gasteiger partial charge in [-0.2, -0.15) is 0 Å². The highest BCUT2D eigenvalue weighted by Gasteiger charge is 2.28. The number of carbonyl (C=O) groups is 1. The SMILES string of the molecule is NC(CNC(=O)c1ccc(Br)cn1)C1CC1. The van der Waals surface area contributed by atoms with Crippen molar-refractivity contribution < 1.29 is 4.79 Å². The monoisotopic (exact) mass is 283 g/mol. The third-order valence-electron chi connectivity index (χ3n) is 2.69. The zero-order chi connectivity index (χ0) is 11.5. The van der Waals surface area contributed by atoms with Crippen LogP contribution in [0.1, 0.15) is 23.3 Å². The molecule has 5 heteroatoms. The largest absolute Gasteiger partial charge is 0.349 e. The van der Waals surface area contributed by atoms with Crippen molar-refractivity contribution in [3.05, 3.63) is 28.5 Å². The van der Waals surface area contributed by atoms with E-state index in [1.165, 1.54) is 12.8 Å². The normalized spacial score (nSPS) is 16.9. The van der Waals surface area contributed by atoms with E-state index in [1.54, 1.807) is 18.3 Å². The Balaban J connectivity index is 1.85. The number of halogens is 1. The van der Waals surface area contributed by atoms with Crippen molar-refractivity contribution in [3.8, 4) is 0 Å². The average molecular weight is 284 g/mol. The Kier molecular flexibility index (Phi) is 3.56. The number of hydrogen-bond donors (Lipinski definition) is 2. The minimum absolute atomic E-state index is 0.0828. The van der Waals surface area contributed by atoms with Crippen LogP contribution in [0.15, 0.2) is 22.8 Å². The molecule has 3 N–H and O–H groups in total. The maximum absolute atomic E-state index is 11.7. The van der Waals surface area contributed by atoms with Crippen molar-refractivity contribution in [2.45, 2.75) is 18.9 Å². The van der Waals surface area contributed by atoms with Crippen LogP contribution < -0.4 is 11.1 Å². The molecule has 0 aromatic carbocycles. The molecule has 0 aliphatic heterocycles. The fourth-order valence-electron chi connectivity index (χ4n) is 1.50. The van der Waals surface area contributed by atoms with E-state index in [2.05, 4.69) is 26.2 Å². The molecule has 1 aromatic rings. The number of amides is 1. The van der Waals surface area contributed by atoms with Gasteiger partial charge in [-0.25, -0.2) is 4.98 Å². The summed E-state index contributed by atoms with van der Waals surface area (Å²) in [7, 11) is 0. The predicted molar refractivity (Wildman–Crippen MR) is 65.0 cm³/mol. The molecule has 0 bridgehead atoms. The molecule has 0 saturated heterocycles. The molecule has 0 spiro atoms. The summed E-state index contributed by atoms with van der Waals surface area (Å²) in [4.78, 5) is 15.7. The molecule has 1 atom stereocenters. The van der Waals surface area contributed by atoms with Gasteiger partial charge in [0.15, 0.2) is 0 Å². The molecule has 1 heterocycles. The lowest BCUT2D eigenvalue weighted by Crippen LogP contribution is -2.38. The molecular weight excluding hydrogens is 270 g/mol. The second-order valence-electron chi connectivity index (χ2n) is 4.07. The zero-order valence-corrected chi connectivity index (χ0v) is 10.4. The fourth-order valence-corrected chi connectivity index (χ4v) is 1.74. The van der Waals surface area contributed by atoms with E-state index >= 15 is 0 Å². The Labute approximate surface area is 103 Å². The van der Waals surface area contributed by atoms with Crippen LogP contribution >= 0.6 is 15.9 Å². The first-order valence-corrected chi connectivity index (χ1v) is 6.11. The van der Waals surface area contributed by atoms with E-state index in [9.17, 15) is 4.79 Å². The number of carbonyl (C=O) groups excluding carboxylic acids is 1. The van der Waals surface area contributed by atoms with Gasteiger partial charge in [0.05, 0.1) is 0 Å². The molecule has 2 rings (SSSR count). The molecule has 4 nitrogen and oxygen atoms in total. The first kappa shape index (κ1) is 11.5. The Morgan fingerprint density at radius 1 is 1.62 bits per heavy atom. The third-order valence-corrected chi connectivity index (χ3v) is 3.15. The topological polar surface area (TPSA) is 68.0 Å². The van der Waals surface area contributed by atoms with E-state index < -0.39 is 0 Å². The van der Waals surface area contributed by atoms with Crippen LogP contribution in [-0.2, 0) is 0 Å². The molecular formula is C11H14BrN3O. The second-order valence-corrected chi connectivity index (χ2v) is 4.99. The van der Waals surface area contributed by atoms with Gasteiger partial charge >= 0.3 is 0 Å². The lowest BCUT2D eigenvalue weighted by molar-refractivity contribution is 0.0945. The molecule has 1 amide bonds. The number of nitrogens with zero attached hydrogens (tertiary/aromatic N) is 1. The first-order valence-electron chi connectivity index (χ1n) is 5.32. The highest BCUT2D eigenvalue weighted by atomic mass is 79.9. The number of hydrogen-bond acceptors (Lipinski definition) is 3. The number of aromatic nitrogens is 1. The first-order chi connectivity index (χ1) is 7.66. The molecule has 16 heavy (non-hydrogen) atoms. The van der Waals surface area contributed by atoms with Gasteiger partial charge in [0.25, 0.3) is 5.91 Å². The molecule has 86 valence electrons. The minimum Gasteiger partial charge on any atom is -0.349 e. The fraction of sp³-hybridized carbons (Fsp3) is 0.455. The van der Waals surface area contributed by atoms with Gasteiger partial charge in [-0.3, -0.25) is 4.79 Å². The minimum atomic E-state index is -0.163. The Morgan fingerprint density at radius 3 is 2.94 bits per heavy atom. The van der Waals surface area contributed by atoms with E-state index in [0.29, 0.717) is 18.2 Å². The van der Waals surface area contributed by atoms with Crippen molar-refractivity contribution in [1.29, 1.82) is 0 Å². The Morgan fingerprint density at radius 2 is 2.38 bits per heavy atom. The van der Waals surface area contributed by atoms with Gasteiger partial charge in [0.1, 0.15) is 5.69 Å². The van der Waals surface area contributed by atoms with Crippen LogP contribution in [0.4, 0.5) is 0 Å². The van der Waals surface area contributed by atoms with Gasteiger partial charge in [-0.1, -0.05) is 0 Å². The zero-order valence-electron chi connectivity index (χ0n) is 8.82. The molecule has 1 saturated carbocycles. The predicted octanol–water partition coefficient (Wildman–Crippen LogP) is 1.31. The van der Waals surface area contributed by atoms with Gasteiger partial charge < -0.3 is 11.1 Å².